The van der Waals surface area contributed by atoms with E-state index in [0.29, 0.717) is 19.6 Å². The Bertz CT molecular complexity index is 255. The van der Waals surface area contributed by atoms with E-state index in [1.54, 1.807) is 6.92 Å². The first kappa shape index (κ1) is 10.9. The molecule has 2 unspecified atom stereocenters. The zero-order valence-electron chi connectivity index (χ0n) is 8.03. The molecule has 78 valence electrons. The predicted octanol–water partition coefficient (Wildman–Crippen LogP) is -0.880. The van der Waals surface area contributed by atoms with Gasteiger partial charge in [-0.25, -0.2) is 4.72 Å². The Morgan fingerprint density at radius 3 is 2.54 bits per heavy atom. The fourth-order valence-corrected chi connectivity index (χ4v) is 2.76. The molecular formula is C7H17N3O2S. The van der Waals surface area contributed by atoms with E-state index in [1.807, 2.05) is 6.92 Å². The number of rotatable bonds is 3. The summed E-state index contributed by atoms with van der Waals surface area (Å²) < 4.78 is 26.8. The van der Waals surface area contributed by atoms with Crippen LogP contribution in [0, 0.1) is 5.92 Å². The zero-order valence-corrected chi connectivity index (χ0v) is 8.84. The molecule has 0 saturated carbocycles. The van der Waals surface area contributed by atoms with Gasteiger partial charge in [0.25, 0.3) is 10.2 Å². The van der Waals surface area contributed by atoms with Crippen LogP contribution in [0.25, 0.3) is 0 Å². The van der Waals surface area contributed by atoms with E-state index in [0.717, 1.165) is 0 Å². The monoisotopic (exact) mass is 207 g/mol. The van der Waals surface area contributed by atoms with Gasteiger partial charge in [0.15, 0.2) is 0 Å². The summed E-state index contributed by atoms with van der Waals surface area (Å²) in [6, 6.07) is -0.0339. The molecule has 13 heavy (non-hydrogen) atoms. The molecule has 0 spiro atoms. The van der Waals surface area contributed by atoms with Gasteiger partial charge in [-0.2, -0.15) is 12.7 Å². The fourth-order valence-electron chi connectivity index (χ4n) is 1.42. The molecule has 6 heteroatoms. The standard InChI is InChI=1S/C7H17N3O2S/c1-3-9-13(11,12)10-4-6(2)7(8)5-10/h6-7,9H,3-5,8H2,1-2H3. The van der Waals surface area contributed by atoms with Gasteiger partial charge in [0, 0.05) is 25.7 Å². The van der Waals surface area contributed by atoms with Gasteiger partial charge in [-0.05, 0) is 5.92 Å². The molecule has 2 atom stereocenters. The van der Waals surface area contributed by atoms with Crippen LogP contribution in [0.1, 0.15) is 13.8 Å². The van der Waals surface area contributed by atoms with Crippen molar-refractivity contribution in [3.05, 3.63) is 0 Å². The lowest BCUT2D eigenvalue weighted by Gasteiger charge is -2.15. The minimum absolute atomic E-state index is 0.0339. The van der Waals surface area contributed by atoms with Gasteiger partial charge in [0.1, 0.15) is 0 Å². The van der Waals surface area contributed by atoms with Crippen molar-refractivity contribution in [2.45, 2.75) is 19.9 Å². The third kappa shape index (κ3) is 2.40. The molecule has 1 fully saturated rings. The summed E-state index contributed by atoms with van der Waals surface area (Å²) in [7, 11) is -3.27. The maximum Gasteiger partial charge on any atom is 0.279 e. The van der Waals surface area contributed by atoms with Gasteiger partial charge in [-0.1, -0.05) is 13.8 Å². The third-order valence-corrected chi connectivity index (χ3v) is 3.94. The van der Waals surface area contributed by atoms with Crippen molar-refractivity contribution < 1.29 is 8.42 Å². The van der Waals surface area contributed by atoms with Crippen molar-refractivity contribution in [3.63, 3.8) is 0 Å². The lowest BCUT2D eigenvalue weighted by molar-refractivity contribution is 0.454. The quantitative estimate of drug-likeness (QED) is 0.631. The summed E-state index contributed by atoms with van der Waals surface area (Å²) in [5.74, 6) is 0.244. The fraction of sp³-hybridized carbons (Fsp3) is 1.00. The zero-order chi connectivity index (χ0) is 10.1. The lowest BCUT2D eigenvalue weighted by atomic mass is 10.1. The normalized spacial score (nSPS) is 31.0. The molecule has 1 aliphatic rings. The van der Waals surface area contributed by atoms with E-state index in [-0.39, 0.29) is 12.0 Å². The second-order valence-corrected chi connectivity index (χ2v) is 5.22. The van der Waals surface area contributed by atoms with Crippen LogP contribution in [0.2, 0.25) is 0 Å². The Morgan fingerprint density at radius 2 is 2.15 bits per heavy atom. The highest BCUT2D eigenvalue weighted by Gasteiger charge is 2.33. The van der Waals surface area contributed by atoms with E-state index < -0.39 is 10.2 Å². The van der Waals surface area contributed by atoms with Crippen LogP contribution in [0.15, 0.2) is 0 Å². The number of nitrogens with zero attached hydrogens (tertiary/aromatic N) is 1. The Labute approximate surface area is 79.5 Å². The SMILES string of the molecule is CCNS(=O)(=O)N1CC(C)C(N)C1. The van der Waals surface area contributed by atoms with Crippen LogP contribution in [0.3, 0.4) is 0 Å². The van der Waals surface area contributed by atoms with E-state index in [4.69, 9.17) is 5.73 Å². The molecule has 0 aromatic heterocycles. The average molecular weight is 207 g/mol. The molecule has 3 N–H and O–H groups in total. The van der Waals surface area contributed by atoms with Crippen molar-refractivity contribution in [1.82, 2.24) is 9.03 Å². The van der Waals surface area contributed by atoms with E-state index in [9.17, 15) is 8.42 Å². The lowest BCUT2D eigenvalue weighted by Crippen LogP contribution is -2.40. The highest BCUT2D eigenvalue weighted by molar-refractivity contribution is 7.87. The minimum Gasteiger partial charge on any atom is -0.326 e. The van der Waals surface area contributed by atoms with Crippen molar-refractivity contribution in [3.8, 4) is 0 Å². The van der Waals surface area contributed by atoms with Gasteiger partial charge in [-0.15, -0.1) is 0 Å². The van der Waals surface area contributed by atoms with Crippen molar-refractivity contribution in [2.24, 2.45) is 11.7 Å². The van der Waals surface area contributed by atoms with Crippen LogP contribution in [-0.2, 0) is 10.2 Å². The smallest absolute Gasteiger partial charge is 0.279 e. The molecule has 5 nitrogen and oxygen atoms in total. The molecular weight excluding hydrogens is 190 g/mol. The molecule has 0 aromatic rings. The molecule has 0 radical (unpaired) electrons. The van der Waals surface area contributed by atoms with Crippen molar-refractivity contribution >= 4 is 10.2 Å². The topological polar surface area (TPSA) is 75.4 Å². The first-order valence-corrected chi connectivity index (χ1v) is 5.91. The molecule has 0 aliphatic carbocycles. The maximum atomic E-state index is 11.5. The van der Waals surface area contributed by atoms with E-state index >= 15 is 0 Å². The summed E-state index contributed by atoms with van der Waals surface area (Å²) in [6.07, 6.45) is 0. The minimum atomic E-state index is -3.27. The summed E-state index contributed by atoms with van der Waals surface area (Å²) in [6.45, 7) is 5.10. The average Bonchev–Trinajstić information content (AvgIpc) is 2.33. The van der Waals surface area contributed by atoms with Gasteiger partial charge in [0.2, 0.25) is 0 Å². The van der Waals surface area contributed by atoms with Gasteiger partial charge >= 0.3 is 0 Å². The van der Waals surface area contributed by atoms with E-state index in [1.165, 1.54) is 4.31 Å². The maximum absolute atomic E-state index is 11.5. The molecule has 1 aliphatic heterocycles. The van der Waals surface area contributed by atoms with Crippen LogP contribution in [-0.4, -0.2) is 38.4 Å². The van der Waals surface area contributed by atoms with Crippen LogP contribution < -0.4 is 10.5 Å². The van der Waals surface area contributed by atoms with Crippen LogP contribution in [0.5, 0.6) is 0 Å². The van der Waals surface area contributed by atoms with Gasteiger partial charge in [0.05, 0.1) is 0 Å². The molecule has 0 amide bonds. The second kappa shape index (κ2) is 3.91. The Hall–Kier alpha value is -0.170. The molecule has 1 rings (SSSR count). The number of hydrogen-bond acceptors (Lipinski definition) is 3. The summed E-state index contributed by atoms with van der Waals surface area (Å²) in [4.78, 5) is 0. The second-order valence-electron chi connectivity index (χ2n) is 3.46. The largest absolute Gasteiger partial charge is 0.326 e. The van der Waals surface area contributed by atoms with E-state index in [2.05, 4.69) is 4.72 Å². The third-order valence-electron chi connectivity index (χ3n) is 2.30. The van der Waals surface area contributed by atoms with Crippen molar-refractivity contribution in [1.29, 1.82) is 0 Å². The highest BCUT2D eigenvalue weighted by atomic mass is 32.2. The Kier molecular flexibility index (Phi) is 3.28. The van der Waals surface area contributed by atoms with Gasteiger partial charge < -0.3 is 5.73 Å². The highest BCUT2D eigenvalue weighted by Crippen LogP contribution is 2.16. The predicted molar refractivity (Wildman–Crippen MR) is 51.3 cm³/mol. The number of nitrogens with two attached hydrogens (primary N) is 1. The summed E-state index contributed by atoms with van der Waals surface area (Å²) in [5, 5.41) is 0. The Morgan fingerprint density at radius 1 is 1.54 bits per heavy atom. The Balaban J connectivity index is 2.65. The van der Waals surface area contributed by atoms with Crippen LogP contribution in [0.4, 0.5) is 0 Å². The summed E-state index contributed by atoms with van der Waals surface area (Å²) >= 11 is 0. The number of hydrogen-bond donors (Lipinski definition) is 2. The molecule has 1 heterocycles. The first-order chi connectivity index (χ1) is 5.97. The van der Waals surface area contributed by atoms with Crippen LogP contribution >= 0.6 is 0 Å². The molecule has 0 aromatic carbocycles. The summed E-state index contributed by atoms with van der Waals surface area (Å²) in [5.41, 5.74) is 5.73. The van der Waals surface area contributed by atoms with Crippen molar-refractivity contribution in [2.75, 3.05) is 19.6 Å². The molecule has 0 bridgehead atoms. The van der Waals surface area contributed by atoms with Gasteiger partial charge in [-0.3, -0.25) is 0 Å². The number of nitrogens with one attached hydrogen (secondary N) is 1. The molecule has 1 saturated heterocycles. The first-order valence-electron chi connectivity index (χ1n) is 4.47.